The summed E-state index contributed by atoms with van der Waals surface area (Å²) in [4.78, 5) is 0. The molecule has 0 saturated heterocycles. The summed E-state index contributed by atoms with van der Waals surface area (Å²) in [5, 5.41) is 0.522. The van der Waals surface area contributed by atoms with Crippen LogP contribution in [0.3, 0.4) is 0 Å². The molecule has 1 rings (SSSR count). The molecule has 0 atom stereocenters. The molecular formula is C7H5ClF. The SMILES string of the molecule is Cc1cc(Cl)c[c]c1F. The van der Waals surface area contributed by atoms with E-state index in [0.29, 0.717) is 10.6 Å². The van der Waals surface area contributed by atoms with E-state index in [1.165, 1.54) is 6.07 Å². The van der Waals surface area contributed by atoms with Crippen LogP contribution in [0.2, 0.25) is 5.02 Å². The molecule has 9 heavy (non-hydrogen) atoms. The molecule has 0 nitrogen and oxygen atoms in total. The van der Waals surface area contributed by atoms with Gasteiger partial charge in [-0.1, -0.05) is 11.6 Å². The van der Waals surface area contributed by atoms with Gasteiger partial charge in [-0.25, -0.2) is 4.39 Å². The summed E-state index contributed by atoms with van der Waals surface area (Å²) in [5.41, 5.74) is 0.530. The first kappa shape index (κ1) is 6.56. The van der Waals surface area contributed by atoms with Crippen LogP contribution in [0.25, 0.3) is 0 Å². The molecule has 1 aromatic rings. The van der Waals surface area contributed by atoms with Gasteiger partial charge in [0.15, 0.2) is 0 Å². The second kappa shape index (κ2) is 2.36. The Balaban J connectivity index is 3.17. The van der Waals surface area contributed by atoms with Crippen LogP contribution >= 0.6 is 11.6 Å². The predicted octanol–water partition coefficient (Wildman–Crippen LogP) is 2.59. The fourth-order valence-electron chi connectivity index (χ4n) is 0.558. The Morgan fingerprint density at radius 1 is 1.67 bits per heavy atom. The van der Waals surface area contributed by atoms with Gasteiger partial charge in [-0.15, -0.1) is 0 Å². The van der Waals surface area contributed by atoms with Crippen molar-refractivity contribution in [3.8, 4) is 0 Å². The standard InChI is InChI=1S/C7H5ClF/c1-5-4-6(8)2-3-7(5)9/h2,4H,1H3. The second-order valence-corrected chi connectivity index (χ2v) is 2.25. The van der Waals surface area contributed by atoms with Crippen molar-refractivity contribution in [2.24, 2.45) is 0 Å². The molecule has 0 aliphatic rings. The van der Waals surface area contributed by atoms with E-state index in [2.05, 4.69) is 6.07 Å². The van der Waals surface area contributed by atoms with Gasteiger partial charge in [0.05, 0.1) is 0 Å². The Kier molecular flexibility index (Phi) is 1.72. The number of halogens is 2. The van der Waals surface area contributed by atoms with Gasteiger partial charge in [0.25, 0.3) is 0 Å². The number of hydrogen-bond acceptors (Lipinski definition) is 0. The Bertz CT molecular complexity index is 220. The highest BCUT2D eigenvalue weighted by molar-refractivity contribution is 6.30. The van der Waals surface area contributed by atoms with Crippen LogP contribution in [-0.4, -0.2) is 0 Å². The highest BCUT2D eigenvalue weighted by Crippen LogP contribution is 2.12. The van der Waals surface area contributed by atoms with Crippen molar-refractivity contribution in [1.29, 1.82) is 0 Å². The molecule has 0 heterocycles. The maximum Gasteiger partial charge on any atom is 0.134 e. The van der Waals surface area contributed by atoms with Gasteiger partial charge in [-0.05, 0) is 24.6 Å². The molecule has 1 radical (unpaired) electrons. The zero-order valence-corrected chi connectivity index (χ0v) is 5.67. The molecule has 0 unspecified atom stereocenters. The van der Waals surface area contributed by atoms with Gasteiger partial charge in [0.1, 0.15) is 5.82 Å². The molecule has 2 heteroatoms. The lowest BCUT2D eigenvalue weighted by molar-refractivity contribution is 0.616. The van der Waals surface area contributed by atoms with Crippen LogP contribution in [0.15, 0.2) is 12.1 Å². The third-order valence-corrected chi connectivity index (χ3v) is 1.26. The van der Waals surface area contributed by atoms with E-state index >= 15 is 0 Å². The molecule has 0 aliphatic heterocycles. The van der Waals surface area contributed by atoms with E-state index in [1.807, 2.05) is 0 Å². The third-order valence-electron chi connectivity index (χ3n) is 1.04. The Hall–Kier alpha value is -0.560. The zero-order chi connectivity index (χ0) is 6.85. The lowest BCUT2D eigenvalue weighted by Gasteiger charge is -1.92. The van der Waals surface area contributed by atoms with Crippen molar-refractivity contribution in [1.82, 2.24) is 0 Å². The number of hydrogen-bond donors (Lipinski definition) is 0. The minimum Gasteiger partial charge on any atom is -0.206 e. The van der Waals surface area contributed by atoms with Crippen LogP contribution in [0.5, 0.6) is 0 Å². The van der Waals surface area contributed by atoms with Crippen molar-refractivity contribution in [2.75, 3.05) is 0 Å². The number of aryl methyl sites for hydroxylation is 1. The van der Waals surface area contributed by atoms with E-state index < -0.39 is 0 Å². The minimum absolute atomic E-state index is 0.334. The average molecular weight is 144 g/mol. The van der Waals surface area contributed by atoms with Crippen molar-refractivity contribution in [3.63, 3.8) is 0 Å². The van der Waals surface area contributed by atoms with E-state index in [9.17, 15) is 4.39 Å². The Labute approximate surface area is 58.3 Å². The molecule has 0 bridgehead atoms. The van der Waals surface area contributed by atoms with E-state index in [0.717, 1.165) is 0 Å². The summed E-state index contributed by atoms with van der Waals surface area (Å²) >= 11 is 5.52. The first-order valence-corrected chi connectivity index (χ1v) is 2.91. The Morgan fingerprint density at radius 3 is 2.78 bits per heavy atom. The monoisotopic (exact) mass is 143 g/mol. The molecule has 0 aromatic heterocycles. The van der Waals surface area contributed by atoms with Crippen molar-refractivity contribution in [3.05, 3.63) is 34.6 Å². The molecular weight excluding hydrogens is 139 g/mol. The largest absolute Gasteiger partial charge is 0.206 e. The van der Waals surface area contributed by atoms with Crippen LogP contribution in [0, 0.1) is 18.8 Å². The lowest BCUT2D eigenvalue weighted by Crippen LogP contribution is -1.79. The van der Waals surface area contributed by atoms with Crippen molar-refractivity contribution >= 4 is 11.6 Å². The van der Waals surface area contributed by atoms with Gasteiger partial charge in [0.2, 0.25) is 0 Å². The molecule has 0 saturated carbocycles. The van der Waals surface area contributed by atoms with Crippen LogP contribution in [0.1, 0.15) is 5.56 Å². The summed E-state index contributed by atoms with van der Waals surface area (Å²) in [5.74, 6) is -0.334. The predicted molar refractivity (Wildman–Crippen MR) is 35.0 cm³/mol. The van der Waals surface area contributed by atoms with Gasteiger partial charge >= 0.3 is 0 Å². The molecule has 0 amide bonds. The second-order valence-electron chi connectivity index (χ2n) is 1.81. The third kappa shape index (κ3) is 1.42. The smallest absolute Gasteiger partial charge is 0.134 e. The fourth-order valence-corrected chi connectivity index (χ4v) is 0.776. The highest BCUT2D eigenvalue weighted by Gasteiger charge is 1.95. The van der Waals surface area contributed by atoms with Crippen LogP contribution < -0.4 is 0 Å². The quantitative estimate of drug-likeness (QED) is 0.524. The number of rotatable bonds is 0. The first-order chi connectivity index (χ1) is 4.20. The van der Waals surface area contributed by atoms with E-state index in [-0.39, 0.29) is 5.82 Å². The lowest BCUT2D eigenvalue weighted by atomic mass is 10.2. The van der Waals surface area contributed by atoms with E-state index in [1.54, 1.807) is 13.0 Å². The van der Waals surface area contributed by atoms with Gasteiger partial charge in [0, 0.05) is 11.1 Å². The summed E-state index contributed by atoms with van der Waals surface area (Å²) in [7, 11) is 0. The van der Waals surface area contributed by atoms with Crippen molar-refractivity contribution in [2.45, 2.75) is 6.92 Å². The maximum atomic E-state index is 12.4. The van der Waals surface area contributed by atoms with Crippen LogP contribution in [0.4, 0.5) is 4.39 Å². The summed E-state index contributed by atoms with van der Waals surface area (Å²) in [6.45, 7) is 1.65. The molecule has 0 spiro atoms. The summed E-state index contributed by atoms with van der Waals surface area (Å²) in [6.07, 6.45) is 0. The summed E-state index contributed by atoms with van der Waals surface area (Å²) < 4.78 is 12.4. The van der Waals surface area contributed by atoms with Crippen LogP contribution in [-0.2, 0) is 0 Å². The average Bonchev–Trinajstić information content (AvgIpc) is 1.80. The van der Waals surface area contributed by atoms with Gasteiger partial charge in [-0.2, -0.15) is 0 Å². The van der Waals surface area contributed by atoms with E-state index in [4.69, 9.17) is 11.6 Å². The highest BCUT2D eigenvalue weighted by atomic mass is 35.5. The molecule has 0 N–H and O–H groups in total. The van der Waals surface area contributed by atoms with Crippen molar-refractivity contribution < 1.29 is 4.39 Å². The fraction of sp³-hybridized carbons (Fsp3) is 0.143. The Morgan fingerprint density at radius 2 is 2.33 bits per heavy atom. The maximum absolute atomic E-state index is 12.4. The zero-order valence-electron chi connectivity index (χ0n) is 4.91. The molecule has 0 aliphatic carbocycles. The molecule has 47 valence electrons. The number of benzene rings is 1. The molecule has 1 aromatic carbocycles. The minimum atomic E-state index is -0.334. The summed E-state index contributed by atoms with van der Waals surface area (Å²) in [6, 6.07) is 5.34. The first-order valence-electron chi connectivity index (χ1n) is 2.53. The van der Waals surface area contributed by atoms with Gasteiger partial charge < -0.3 is 0 Å². The molecule has 0 fully saturated rings. The topological polar surface area (TPSA) is 0 Å². The van der Waals surface area contributed by atoms with Gasteiger partial charge in [-0.3, -0.25) is 0 Å². The normalized spacial score (nSPS) is 9.67.